The van der Waals surface area contributed by atoms with E-state index >= 15 is 0 Å². The maximum atomic E-state index is 3.71. The second-order valence-electron chi connectivity index (χ2n) is 6.53. The van der Waals surface area contributed by atoms with Gasteiger partial charge < -0.3 is 10.2 Å². The Bertz CT molecular complexity index is 195. The molecule has 0 bridgehead atoms. The molecular weight excluding hydrogens is 196 g/mol. The molecule has 2 unspecified atom stereocenters. The van der Waals surface area contributed by atoms with Crippen molar-refractivity contribution in [2.75, 3.05) is 26.2 Å². The van der Waals surface area contributed by atoms with Crippen molar-refractivity contribution >= 4 is 0 Å². The molecule has 1 aliphatic heterocycles. The highest BCUT2D eigenvalue weighted by Gasteiger charge is 2.28. The van der Waals surface area contributed by atoms with E-state index in [2.05, 4.69) is 44.8 Å². The van der Waals surface area contributed by atoms with Crippen molar-refractivity contribution in [1.29, 1.82) is 0 Å². The van der Waals surface area contributed by atoms with Crippen molar-refractivity contribution in [1.82, 2.24) is 10.2 Å². The van der Waals surface area contributed by atoms with Gasteiger partial charge in [0.2, 0.25) is 0 Å². The van der Waals surface area contributed by atoms with E-state index in [1.165, 1.54) is 32.5 Å². The molecule has 2 atom stereocenters. The third-order valence-corrected chi connectivity index (χ3v) is 3.63. The molecular formula is C14H30N2. The van der Waals surface area contributed by atoms with E-state index in [9.17, 15) is 0 Å². The Morgan fingerprint density at radius 2 is 2.06 bits per heavy atom. The van der Waals surface area contributed by atoms with Crippen molar-refractivity contribution in [3.63, 3.8) is 0 Å². The van der Waals surface area contributed by atoms with E-state index in [-0.39, 0.29) is 0 Å². The topological polar surface area (TPSA) is 15.3 Å². The van der Waals surface area contributed by atoms with Crippen LogP contribution < -0.4 is 5.32 Å². The molecule has 2 nitrogen and oxygen atoms in total. The Morgan fingerprint density at radius 3 is 2.50 bits per heavy atom. The molecule has 1 saturated heterocycles. The number of hydrogen-bond donors (Lipinski definition) is 1. The maximum Gasteiger partial charge on any atom is 0.0243 e. The summed E-state index contributed by atoms with van der Waals surface area (Å²) in [7, 11) is 0. The van der Waals surface area contributed by atoms with Crippen LogP contribution in [0.3, 0.4) is 0 Å². The van der Waals surface area contributed by atoms with E-state index in [4.69, 9.17) is 0 Å². The zero-order valence-electron chi connectivity index (χ0n) is 11.8. The molecule has 1 aliphatic rings. The van der Waals surface area contributed by atoms with Gasteiger partial charge in [-0.25, -0.2) is 0 Å². The Kier molecular flexibility index (Phi) is 5.26. The van der Waals surface area contributed by atoms with Gasteiger partial charge in [-0.15, -0.1) is 0 Å². The molecule has 0 saturated carbocycles. The van der Waals surface area contributed by atoms with Crippen LogP contribution in [0.2, 0.25) is 0 Å². The molecule has 0 amide bonds. The Balaban J connectivity index is 2.43. The smallest absolute Gasteiger partial charge is 0.0243 e. The van der Waals surface area contributed by atoms with Crippen molar-refractivity contribution in [2.24, 2.45) is 11.3 Å². The van der Waals surface area contributed by atoms with E-state index in [1.807, 2.05) is 0 Å². The van der Waals surface area contributed by atoms with Gasteiger partial charge in [-0.1, -0.05) is 34.6 Å². The van der Waals surface area contributed by atoms with Gasteiger partial charge in [0.1, 0.15) is 0 Å². The van der Waals surface area contributed by atoms with Crippen LogP contribution >= 0.6 is 0 Å². The fraction of sp³-hybridized carbons (Fsp3) is 1.00. The molecule has 1 rings (SSSR count). The summed E-state index contributed by atoms with van der Waals surface area (Å²) >= 11 is 0. The van der Waals surface area contributed by atoms with Crippen LogP contribution in [0.4, 0.5) is 0 Å². The van der Waals surface area contributed by atoms with E-state index in [0.717, 1.165) is 12.5 Å². The molecule has 0 spiro atoms. The first-order valence-electron chi connectivity index (χ1n) is 6.89. The Labute approximate surface area is 102 Å². The van der Waals surface area contributed by atoms with Gasteiger partial charge in [-0.2, -0.15) is 0 Å². The molecule has 0 aromatic rings. The average molecular weight is 226 g/mol. The minimum Gasteiger partial charge on any atom is -0.312 e. The maximum absolute atomic E-state index is 3.71. The van der Waals surface area contributed by atoms with Crippen LogP contribution in [0.1, 0.15) is 47.5 Å². The van der Waals surface area contributed by atoms with Crippen molar-refractivity contribution < 1.29 is 0 Å². The molecule has 0 aromatic heterocycles. The van der Waals surface area contributed by atoms with Crippen molar-refractivity contribution in [3.05, 3.63) is 0 Å². The van der Waals surface area contributed by atoms with Crippen LogP contribution in [0.25, 0.3) is 0 Å². The second-order valence-corrected chi connectivity index (χ2v) is 6.53. The molecule has 1 fully saturated rings. The summed E-state index contributed by atoms with van der Waals surface area (Å²) in [6, 6.07) is 0.623. The number of likely N-dealkylation sites (tertiary alicyclic amines) is 1. The molecule has 0 aliphatic carbocycles. The molecule has 96 valence electrons. The number of hydrogen-bond acceptors (Lipinski definition) is 2. The first-order valence-corrected chi connectivity index (χ1v) is 6.89. The summed E-state index contributed by atoms with van der Waals surface area (Å²) in [5.74, 6) is 0.895. The average Bonchev–Trinajstić information content (AvgIpc) is 2.57. The fourth-order valence-electron chi connectivity index (χ4n) is 2.41. The normalized spacial score (nSPS) is 24.9. The predicted octanol–water partition coefficient (Wildman–Crippen LogP) is 2.74. The van der Waals surface area contributed by atoms with Crippen LogP contribution in [-0.4, -0.2) is 37.1 Å². The highest BCUT2D eigenvalue weighted by Crippen LogP contribution is 2.23. The summed E-state index contributed by atoms with van der Waals surface area (Å²) in [6.07, 6.45) is 2.60. The van der Waals surface area contributed by atoms with Crippen LogP contribution in [0, 0.1) is 11.3 Å². The lowest BCUT2D eigenvalue weighted by atomic mass is 9.86. The number of nitrogens with one attached hydrogen (secondary N) is 1. The summed E-state index contributed by atoms with van der Waals surface area (Å²) in [6.45, 7) is 16.6. The van der Waals surface area contributed by atoms with Gasteiger partial charge in [0.05, 0.1) is 0 Å². The second kappa shape index (κ2) is 6.02. The van der Waals surface area contributed by atoms with Gasteiger partial charge in [0.15, 0.2) is 0 Å². The third-order valence-electron chi connectivity index (χ3n) is 3.63. The number of rotatable bonds is 5. The lowest BCUT2D eigenvalue weighted by molar-refractivity contribution is 0.191. The zero-order valence-corrected chi connectivity index (χ0v) is 11.8. The van der Waals surface area contributed by atoms with Crippen molar-refractivity contribution in [2.45, 2.75) is 53.5 Å². The highest BCUT2D eigenvalue weighted by molar-refractivity contribution is 4.85. The van der Waals surface area contributed by atoms with Crippen LogP contribution in [0.15, 0.2) is 0 Å². The molecule has 1 heterocycles. The van der Waals surface area contributed by atoms with E-state index < -0.39 is 0 Å². The predicted molar refractivity (Wildman–Crippen MR) is 71.8 cm³/mol. The molecule has 0 aromatic carbocycles. The lowest BCUT2D eigenvalue weighted by Gasteiger charge is -2.35. The Hall–Kier alpha value is -0.0800. The largest absolute Gasteiger partial charge is 0.312 e. The lowest BCUT2D eigenvalue weighted by Crippen LogP contribution is -2.48. The molecule has 16 heavy (non-hydrogen) atoms. The molecule has 1 N–H and O–H groups in total. The number of nitrogens with zero attached hydrogens (tertiary/aromatic N) is 1. The first-order chi connectivity index (χ1) is 7.43. The minimum absolute atomic E-state index is 0.362. The van der Waals surface area contributed by atoms with E-state index in [1.54, 1.807) is 0 Å². The quantitative estimate of drug-likeness (QED) is 0.775. The summed E-state index contributed by atoms with van der Waals surface area (Å²) in [5, 5.41) is 3.71. The molecule has 2 heteroatoms. The summed E-state index contributed by atoms with van der Waals surface area (Å²) in [5.41, 5.74) is 0.362. The van der Waals surface area contributed by atoms with E-state index in [0.29, 0.717) is 11.5 Å². The standard InChI is InChI=1S/C14H30N2/c1-6-8-15-13(14(3,4)5)11-16-9-7-12(2)10-16/h12-13,15H,6-11H2,1-5H3. The highest BCUT2D eigenvalue weighted by atomic mass is 15.2. The van der Waals surface area contributed by atoms with Gasteiger partial charge in [0.25, 0.3) is 0 Å². The van der Waals surface area contributed by atoms with Gasteiger partial charge in [0, 0.05) is 19.1 Å². The van der Waals surface area contributed by atoms with Crippen LogP contribution in [-0.2, 0) is 0 Å². The van der Waals surface area contributed by atoms with Crippen molar-refractivity contribution in [3.8, 4) is 0 Å². The van der Waals surface area contributed by atoms with Crippen LogP contribution in [0.5, 0.6) is 0 Å². The first kappa shape index (κ1) is 14.0. The van der Waals surface area contributed by atoms with Gasteiger partial charge in [-0.05, 0) is 37.3 Å². The summed E-state index contributed by atoms with van der Waals surface area (Å²) in [4.78, 5) is 2.63. The minimum atomic E-state index is 0.362. The fourth-order valence-corrected chi connectivity index (χ4v) is 2.41. The monoisotopic (exact) mass is 226 g/mol. The SMILES string of the molecule is CCCNC(CN1CCC(C)C1)C(C)(C)C. The van der Waals surface area contributed by atoms with Gasteiger partial charge >= 0.3 is 0 Å². The zero-order chi connectivity index (χ0) is 12.2. The molecule has 0 radical (unpaired) electrons. The Morgan fingerprint density at radius 1 is 1.38 bits per heavy atom. The third kappa shape index (κ3) is 4.42. The summed E-state index contributed by atoms with van der Waals surface area (Å²) < 4.78 is 0. The van der Waals surface area contributed by atoms with Gasteiger partial charge in [-0.3, -0.25) is 0 Å².